The number of benzene rings is 1. The van der Waals surface area contributed by atoms with Gasteiger partial charge in [-0.05, 0) is 24.6 Å². The van der Waals surface area contributed by atoms with Crippen LogP contribution >= 0.6 is 23.2 Å². The van der Waals surface area contributed by atoms with E-state index in [0.29, 0.717) is 22.6 Å². The lowest BCUT2D eigenvalue weighted by molar-refractivity contribution is 0.570. The zero-order chi connectivity index (χ0) is 14.0. The lowest BCUT2D eigenvalue weighted by atomic mass is 10.2. The maximum atomic E-state index is 6.26. The van der Waals surface area contributed by atoms with E-state index < -0.39 is 0 Å². The molecule has 0 fully saturated rings. The number of nitrogens with zero attached hydrogens (tertiary/aromatic N) is 3. The van der Waals surface area contributed by atoms with E-state index in [1.165, 1.54) is 0 Å². The monoisotopic (exact) mass is 298 g/mol. The summed E-state index contributed by atoms with van der Waals surface area (Å²) in [6.07, 6.45) is 1.72. The molecule has 1 aromatic heterocycles. The fraction of sp³-hybridized carbons (Fsp3) is 0.385. The largest absolute Gasteiger partial charge is 0.309 e. The molecule has 1 heterocycles. The molecule has 0 aliphatic rings. The molecule has 0 saturated carbocycles. The first kappa shape index (κ1) is 14.3. The highest BCUT2D eigenvalue weighted by molar-refractivity contribution is 6.35. The highest BCUT2D eigenvalue weighted by Crippen LogP contribution is 2.27. The van der Waals surface area contributed by atoms with E-state index in [0.717, 1.165) is 16.9 Å². The molecule has 0 amide bonds. The second kappa shape index (κ2) is 5.90. The number of aromatic nitrogens is 3. The fourth-order valence-electron chi connectivity index (χ4n) is 1.69. The lowest BCUT2D eigenvalue weighted by Crippen LogP contribution is -2.23. The van der Waals surface area contributed by atoms with Gasteiger partial charge in [0.05, 0.1) is 22.6 Å². The highest BCUT2D eigenvalue weighted by Gasteiger charge is 2.12. The summed E-state index contributed by atoms with van der Waals surface area (Å²) in [5, 5.41) is 12.6. The molecule has 0 bridgehead atoms. The van der Waals surface area contributed by atoms with E-state index >= 15 is 0 Å². The van der Waals surface area contributed by atoms with Crippen LogP contribution in [0.2, 0.25) is 10.0 Å². The van der Waals surface area contributed by atoms with Crippen LogP contribution in [0.1, 0.15) is 25.1 Å². The summed E-state index contributed by atoms with van der Waals surface area (Å²) in [6.45, 7) is 6.76. The van der Waals surface area contributed by atoms with Gasteiger partial charge in [-0.3, -0.25) is 0 Å². The number of aryl methyl sites for hydroxylation is 1. The van der Waals surface area contributed by atoms with Gasteiger partial charge in [0.1, 0.15) is 0 Å². The quantitative estimate of drug-likeness (QED) is 0.941. The molecular weight excluding hydrogens is 283 g/mol. The van der Waals surface area contributed by atoms with Crippen molar-refractivity contribution < 1.29 is 0 Å². The first-order valence-corrected chi connectivity index (χ1v) is 6.83. The van der Waals surface area contributed by atoms with E-state index in [-0.39, 0.29) is 0 Å². The molecule has 6 heteroatoms. The minimum absolute atomic E-state index is 0.389. The van der Waals surface area contributed by atoms with E-state index in [4.69, 9.17) is 23.2 Å². The van der Waals surface area contributed by atoms with Gasteiger partial charge < -0.3 is 5.32 Å². The second-order valence-corrected chi connectivity index (χ2v) is 5.54. The Balaban J connectivity index is 2.37. The molecule has 2 rings (SSSR count). The SMILES string of the molecule is Cc1cc(Cl)c(-n2nncc2CNC(C)C)cc1Cl. The van der Waals surface area contributed by atoms with Gasteiger partial charge in [-0.2, -0.15) is 0 Å². The zero-order valence-corrected chi connectivity index (χ0v) is 12.6. The van der Waals surface area contributed by atoms with Crippen molar-refractivity contribution in [3.8, 4) is 5.69 Å². The highest BCUT2D eigenvalue weighted by atomic mass is 35.5. The van der Waals surface area contributed by atoms with Gasteiger partial charge in [-0.25, -0.2) is 4.68 Å². The average Bonchev–Trinajstić information content (AvgIpc) is 2.79. The Bertz CT molecular complexity index is 578. The molecule has 0 spiro atoms. The number of hydrogen-bond acceptors (Lipinski definition) is 3. The molecule has 19 heavy (non-hydrogen) atoms. The van der Waals surface area contributed by atoms with Crippen molar-refractivity contribution in [2.24, 2.45) is 0 Å². The van der Waals surface area contributed by atoms with Gasteiger partial charge in [0.2, 0.25) is 0 Å². The van der Waals surface area contributed by atoms with E-state index in [1.54, 1.807) is 10.9 Å². The van der Waals surface area contributed by atoms with Crippen molar-refractivity contribution in [3.63, 3.8) is 0 Å². The number of hydrogen-bond donors (Lipinski definition) is 1. The van der Waals surface area contributed by atoms with Crippen LogP contribution in [0.15, 0.2) is 18.3 Å². The van der Waals surface area contributed by atoms with Crippen molar-refractivity contribution in [2.75, 3.05) is 0 Å². The summed E-state index contributed by atoms with van der Waals surface area (Å²) in [6, 6.07) is 4.04. The summed E-state index contributed by atoms with van der Waals surface area (Å²) < 4.78 is 1.71. The van der Waals surface area contributed by atoms with E-state index in [2.05, 4.69) is 29.5 Å². The molecule has 0 unspecified atom stereocenters. The Labute approximate surface area is 122 Å². The van der Waals surface area contributed by atoms with Crippen LogP contribution in [0.5, 0.6) is 0 Å². The minimum Gasteiger partial charge on any atom is -0.309 e. The minimum atomic E-state index is 0.389. The third kappa shape index (κ3) is 3.26. The van der Waals surface area contributed by atoms with Gasteiger partial charge in [0.15, 0.2) is 0 Å². The Morgan fingerprint density at radius 2 is 2.00 bits per heavy atom. The van der Waals surface area contributed by atoms with Gasteiger partial charge in [-0.15, -0.1) is 5.10 Å². The van der Waals surface area contributed by atoms with Crippen LogP contribution in [-0.2, 0) is 6.54 Å². The summed E-state index contributed by atoms with van der Waals surface area (Å²) in [4.78, 5) is 0. The number of halogens is 2. The molecule has 0 aliphatic carbocycles. The third-order valence-corrected chi connectivity index (χ3v) is 3.48. The van der Waals surface area contributed by atoms with Crippen LogP contribution in [0.3, 0.4) is 0 Å². The van der Waals surface area contributed by atoms with Gasteiger partial charge in [-0.1, -0.05) is 42.3 Å². The smallest absolute Gasteiger partial charge is 0.0868 e. The van der Waals surface area contributed by atoms with Gasteiger partial charge in [0.25, 0.3) is 0 Å². The Morgan fingerprint density at radius 1 is 1.26 bits per heavy atom. The van der Waals surface area contributed by atoms with Crippen molar-refractivity contribution in [2.45, 2.75) is 33.4 Å². The van der Waals surface area contributed by atoms with Crippen molar-refractivity contribution in [1.29, 1.82) is 0 Å². The van der Waals surface area contributed by atoms with Crippen LogP contribution in [0.4, 0.5) is 0 Å². The van der Waals surface area contributed by atoms with Gasteiger partial charge >= 0.3 is 0 Å². The normalized spacial score (nSPS) is 11.3. The molecule has 1 aromatic carbocycles. The Hall–Kier alpha value is -1.10. The predicted octanol–water partition coefficient (Wildman–Crippen LogP) is 3.38. The van der Waals surface area contributed by atoms with Crippen molar-refractivity contribution in [1.82, 2.24) is 20.3 Å². The topological polar surface area (TPSA) is 42.7 Å². The Morgan fingerprint density at radius 3 is 2.68 bits per heavy atom. The van der Waals surface area contributed by atoms with E-state index in [9.17, 15) is 0 Å². The average molecular weight is 299 g/mol. The first-order chi connectivity index (χ1) is 8.99. The molecule has 0 aliphatic heterocycles. The standard InChI is InChI=1S/C13H16Cl2N4/c1-8(2)16-6-10-7-17-18-19(10)13-5-11(14)9(3)4-12(13)15/h4-5,7-8,16H,6H2,1-3H3. The molecule has 0 radical (unpaired) electrons. The molecule has 0 atom stereocenters. The summed E-state index contributed by atoms with van der Waals surface area (Å²) >= 11 is 12.4. The molecular formula is C13H16Cl2N4. The maximum Gasteiger partial charge on any atom is 0.0868 e. The second-order valence-electron chi connectivity index (χ2n) is 4.73. The fourth-order valence-corrected chi connectivity index (χ4v) is 2.14. The van der Waals surface area contributed by atoms with Gasteiger partial charge in [0, 0.05) is 17.6 Å². The van der Waals surface area contributed by atoms with Crippen LogP contribution in [0, 0.1) is 6.92 Å². The number of rotatable bonds is 4. The molecule has 102 valence electrons. The third-order valence-electron chi connectivity index (χ3n) is 2.77. The maximum absolute atomic E-state index is 6.26. The van der Waals surface area contributed by atoms with Crippen molar-refractivity contribution in [3.05, 3.63) is 39.6 Å². The summed E-state index contributed by atoms with van der Waals surface area (Å²) in [7, 11) is 0. The molecule has 1 N–H and O–H groups in total. The molecule has 2 aromatic rings. The number of nitrogens with one attached hydrogen (secondary N) is 1. The first-order valence-electron chi connectivity index (χ1n) is 6.08. The van der Waals surface area contributed by atoms with Crippen LogP contribution in [0.25, 0.3) is 5.69 Å². The van der Waals surface area contributed by atoms with Crippen LogP contribution in [-0.4, -0.2) is 21.0 Å². The molecule has 4 nitrogen and oxygen atoms in total. The van der Waals surface area contributed by atoms with Crippen molar-refractivity contribution >= 4 is 23.2 Å². The predicted molar refractivity (Wildman–Crippen MR) is 78.1 cm³/mol. The summed E-state index contributed by atoms with van der Waals surface area (Å²) in [5.74, 6) is 0. The lowest BCUT2D eigenvalue weighted by Gasteiger charge is -2.12. The van der Waals surface area contributed by atoms with Crippen LogP contribution < -0.4 is 5.32 Å². The Kier molecular flexibility index (Phi) is 4.45. The summed E-state index contributed by atoms with van der Waals surface area (Å²) in [5.41, 5.74) is 2.63. The zero-order valence-electron chi connectivity index (χ0n) is 11.1. The van der Waals surface area contributed by atoms with E-state index in [1.807, 2.05) is 19.1 Å². The molecule has 0 saturated heterocycles.